The molecule has 4 nitrogen and oxygen atoms in total. The zero-order chi connectivity index (χ0) is 19.9. The van der Waals surface area contributed by atoms with Crippen LogP contribution in [0.1, 0.15) is 39.6 Å². The third kappa shape index (κ3) is 5.04. The lowest BCUT2D eigenvalue weighted by Crippen LogP contribution is -2.09. The second kappa shape index (κ2) is 8.95. The summed E-state index contributed by atoms with van der Waals surface area (Å²) in [5.41, 5.74) is 1.88. The van der Waals surface area contributed by atoms with Crippen molar-refractivity contribution in [1.82, 2.24) is 0 Å². The molecule has 3 rings (SSSR count). The van der Waals surface area contributed by atoms with E-state index < -0.39 is 17.8 Å². The average Bonchev–Trinajstić information content (AvgIpc) is 2.70. The molecule has 0 heterocycles. The van der Waals surface area contributed by atoms with Gasteiger partial charge < -0.3 is 9.47 Å². The van der Waals surface area contributed by atoms with Crippen molar-refractivity contribution in [2.24, 2.45) is 0 Å². The molecule has 0 saturated heterocycles. The van der Waals surface area contributed by atoms with E-state index in [1.165, 1.54) is 54.1 Å². The number of ether oxygens (including phenoxy) is 2. The fourth-order valence-corrected chi connectivity index (χ4v) is 2.59. The molecular weight excluding hydrogens is 359 g/mol. The van der Waals surface area contributed by atoms with Gasteiger partial charge in [0.2, 0.25) is 0 Å². The van der Waals surface area contributed by atoms with Crippen LogP contribution in [0.3, 0.4) is 0 Å². The van der Waals surface area contributed by atoms with Crippen LogP contribution in [0.25, 0.3) is 0 Å². The molecule has 0 spiro atoms. The molecule has 28 heavy (non-hydrogen) atoms. The van der Waals surface area contributed by atoms with Crippen LogP contribution in [-0.4, -0.2) is 11.9 Å². The maximum absolute atomic E-state index is 12.9. The number of hydrogen-bond donors (Lipinski definition) is 0. The molecule has 0 saturated carbocycles. The summed E-state index contributed by atoms with van der Waals surface area (Å²) in [6.45, 7) is 2.10. The predicted molar refractivity (Wildman–Crippen MR) is 103 cm³/mol. The largest absolute Gasteiger partial charge is 0.423 e. The van der Waals surface area contributed by atoms with Crippen LogP contribution < -0.4 is 9.47 Å². The van der Waals surface area contributed by atoms with Gasteiger partial charge in [0, 0.05) is 0 Å². The van der Waals surface area contributed by atoms with Gasteiger partial charge in [0.1, 0.15) is 17.3 Å². The molecule has 0 atom stereocenters. The summed E-state index contributed by atoms with van der Waals surface area (Å²) in [6, 6.07) is 18.5. The van der Waals surface area contributed by atoms with Crippen LogP contribution in [0.4, 0.5) is 4.39 Å². The third-order valence-electron chi connectivity index (χ3n) is 4.05. The van der Waals surface area contributed by atoms with E-state index in [0.29, 0.717) is 11.3 Å². The summed E-state index contributed by atoms with van der Waals surface area (Å²) < 4.78 is 23.5. The summed E-state index contributed by atoms with van der Waals surface area (Å²) in [4.78, 5) is 24.2. The zero-order valence-corrected chi connectivity index (χ0v) is 15.4. The van der Waals surface area contributed by atoms with E-state index in [1.807, 2.05) is 12.1 Å². The van der Waals surface area contributed by atoms with Crippen LogP contribution >= 0.6 is 0 Å². The molecule has 0 radical (unpaired) electrons. The van der Waals surface area contributed by atoms with Crippen molar-refractivity contribution in [2.75, 3.05) is 0 Å². The summed E-state index contributed by atoms with van der Waals surface area (Å²) in [5, 5.41) is 0. The first-order chi connectivity index (χ1) is 13.5. The number of halogens is 1. The van der Waals surface area contributed by atoms with Crippen LogP contribution in [0.15, 0.2) is 72.8 Å². The Bertz CT molecular complexity index is 945. The molecule has 142 valence electrons. The molecule has 0 N–H and O–H groups in total. The van der Waals surface area contributed by atoms with Crippen molar-refractivity contribution in [1.29, 1.82) is 0 Å². The summed E-state index contributed by atoms with van der Waals surface area (Å²) in [5.74, 6) is -0.860. The molecule has 0 aliphatic carbocycles. The third-order valence-corrected chi connectivity index (χ3v) is 4.05. The highest BCUT2D eigenvalue weighted by Crippen LogP contribution is 2.20. The van der Waals surface area contributed by atoms with Gasteiger partial charge in [0.15, 0.2) is 0 Å². The topological polar surface area (TPSA) is 52.6 Å². The Labute approximate surface area is 162 Å². The minimum absolute atomic E-state index is 0.239. The van der Waals surface area contributed by atoms with Gasteiger partial charge in [-0.05, 0) is 72.6 Å². The Morgan fingerprint density at radius 1 is 0.714 bits per heavy atom. The molecule has 0 aliphatic heterocycles. The zero-order valence-electron chi connectivity index (χ0n) is 15.4. The van der Waals surface area contributed by atoms with Gasteiger partial charge in [0.25, 0.3) is 0 Å². The summed E-state index contributed by atoms with van der Waals surface area (Å²) >= 11 is 0. The Morgan fingerprint density at radius 2 is 1.14 bits per heavy atom. The maximum Gasteiger partial charge on any atom is 0.343 e. The van der Waals surface area contributed by atoms with Crippen LogP contribution in [-0.2, 0) is 6.42 Å². The molecule has 0 aromatic heterocycles. The number of esters is 2. The maximum atomic E-state index is 12.9. The van der Waals surface area contributed by atoms with Crippen LogP contribution in [0.5, 0.6) is 11.5 Å². The van der Waals surface area contributed by atoms with Gasteiger partial charge >= 0.3 is 11.9 Å². The van der Waals surface area contributed by atoms with Crippen molar-refractivity contribution >= 4 is 11.9 Å². The average molecular weight is 378 g/mol. The van der Waals surface area contributed by atoms with Gasteiger partial charge in [-0.25, -0.2) is 14.0 Å². The van der Waals surface area contributed by atoms with Gasteiger partial charge in [-0.1, -0.05) is 25.5 Å². The fourth-order valence-electron chi connectivity index (χ4n) is 2.59. The molecular formula is C23H19FO4. The molecule has 0 aliphatic rings. The second-order valence-corrected chi connectivity index (χ2v) is 6.20. The molecule has 0 fully saturated rings. The SMILES string of the molecule is CCCc1ccc(C(=O)Oc2ccc(OC(=O)c3ccc(F)cc3)cc2)cc1. The Morgan fingerprint density at radius 3 is 1.57 bits per heavy atom. The summed E-state index contributed by atoms with van der Waals surface area (Å²) in [6.07, 6.45) is 2.01. The Balaban J connectivity index is 1.60. The van der Waals surface area contributed by atoms with Crippen molar-refractivity contribution in [3.63, 3.8) is 0 Å². The van der Waals surface area contributed by atoms with Crippen molar-refractivity contribution in [3.05, 3.63) is 95.3 Å². The number of carbonyl (C=O) groups excluding carboxylic acids is 2. The lowest BCUT2D eigenvalue weighted by molar-refractivity contribution is 0.0719. The standard InChI is InChI=1S/C23H19FO4/c1-2-3-16-4-6-17(7-5-16)22(25)27-20-12-14-21(15-13-20)28-23(26)18-8-10-19(24)11-9-18/h4-15H,2-3H2,1H3. The molecule has 3 aromatic rings. The van der Waals surface area contributed by atoms with Crippen molar-refractivity contribution in [2.45, 2.75) is 19.8 Å². The molecule has 5 heteroatoms. The van der Waals surface area contributed by atoms with E-state index in [2.05, 4.69) is 6.92 Å². The highest BCUT2D eigenvalue weighted by molar-refractivity contribution is 5.91. The summed E-state index contributed by atoms with van der Waals surface area (Å²) in [7, 11) is 0. The van der Waals surface area contributed by atoms with Crippen molar-refractivity contribution < 1.29 is 23.5 Å². The fraction of sp³-hybridized carbons (Fsp3) is 0.130. The quantitative estimate of drug-likeness (QED) is 0.436. The number of benzene rings is 3. The number of carbonyl (C=O) groups is 2. The Hall–Kier alpha value is -3.47. The minimum Gasteiger partial charge on any atom is -0.423 e. The number of rotatable bonds is 6. The van der Waals surface area contributed by atoms with E-state index in [4.69, 9.17) is 9.47 Å². The number of aryl methyl sites for hydroxylation is 1. The van der Waals surface area contributed by atoms with Gasteiger partial charge in [-0.3, -0.25) is 0 Å². The molecule has 0 amide bonds. The normalized spacial score (nSPS) is 10.4. The smallest absolute Gasteiger partial charge is 0.343 e. The predicted octanol–water partition coefficient (Wildman–Crippen LogP) is 5.22. The second-order valence-electron chi connectivity index (χ2n) is 6.20. The van der Waals surface area contributed by atoms with E-state index in [-0.39, 0.29) is 11.3 Å². The molecule has 0 unspecified atom stereocenters. The van der Waals surface area contributed by atoms with E-state index in [1.54, 1.807) is 12.1 Å². The highest BCUT2D eigenvalue weighted by Gasteiger charge is 2.11. The monoisotopic (exact) mass is 378 g/mol. The Kier molecular flexibility index (Phi) is 6.17. The van der Waals surface area contributed by atoms with Gasteiger partial charge in [-0.15, -0.1) is 0 Å². The first kappa shape index (κ1) is 19.3. The van der Waals surface area contributed by atoms with Crippen molar-refractivity contribution in [3.8, 4) is 11.5 Å². The van der Waals surface area contributed by atoms with Crippen LogP contribution in [0, 0.1) is 5.82 Å². The first-order valence-electron chi connectivity index (χ1n) is 8.94. The van der Waals surface area contributed by atoms with E-state index in [9.17, 15) is 14.0 Å². The number of hydrogen-bond acceptors (Lipinski definition) is 4. The lowest BCUT2D eigenvalue weighted by atomic mass is 10.1. The lowest BCUT2D eigenvalue weighted by Gasteiger charge is -2.07. The highest BCUT2D eigenvalue weighted by atomic mass is 19.1. The van der Waals surface area contributed by atoms with E-state index >= 15 is 0 Å². The first-order valence-corrected chi connectivity index (χ1v) is 8.94. The van der Waals surface area contributed by atoms with Gasteiger partial charge in [0.05, 0.1) is 11.1 Å². The van der Waals surface area contributed by atoms with Gasteiger partial charge in [-0.2, -0.15) is 0 Å². The van der Waals surface area contributed by atoms with E-state index in [0.717, 1.165) is 12.8 Å². The minimum atomic E-state index is -0.600. The van der Waals surface area contributed by atoms with Crippen LogP contribution in [0.2, 0.25) is 0 Å². The molecule has 3 aromatic carbocycles. The molecule has 0 bridgehead atoms.